The molecule has 0 aliphatic heterocycles. The van der Waals surface area contributed by atoms with Gasteiger partial charge in [-0.3, -0.25) is 0 Å². The summed E-state index contributed by atoms with van der Waals surface area (Å²) in [6, 6.07) is 57.8. The third-order valence-corrected chi connectivity index (χ3v) is 10.9. The third kappa shape index (κ3) is 5.50. The Balaban J connectivity index is 1.05. The first-order chi connectivity index (χ1) is 27.2. The minimum Gasteiger partial charge on any atom is -0.460 e. The van der Waals surface area contributed by atoms with Crippen LogP contribution in [0, 0.1) is 0 Å². The van der Waals surface area contributed by atoms with Gasteiger partial charge < -0.3 is 4.42 Å². The van der Waals surface area contributed by atoms with E-state index in [1.165, 1.54) is 43.6 Å². The molecule has 0 saturated heterocycles. The second-order valence-electron chi connectivity index (χ2n) is 14.3. The van der Waals surface area contributed by atoms with E-state index in [2.05, 4.69) is 170 Å². The van der Waals surface area contributed by atoms with Crippen molar-refractivity contribution in [3.8, 4) is 56.4 Å². The van der Waals surface area contributed by atoms with Crippen molar-refractivity contribution in [2.45, 2.75) is 12.8 Å². The molecular weight excluding hydrogens is 671 g/mol. The van der Waals surface area contributed by atoms with Gasteiger partial charge in [-0.2, -0.15) is 0 Å². The van der Waals surface area contributed by atoms with E-state index >= 15 is 0 Å². The van der Waals surface area contributed by atoms with Gasteiger partial charge in [0.25, 0.3) is 0 Å². The van der Waals surface area contributed by atoms with Crippen LogP contribution in [0.1, 0.15) is 17.7 Å². The summed E-state index contributed by atoms with van der Waals surface area (Å²) < 4.78 is 6.29. The van der Waals surface area contributed by atoms with E-state index in [-0.39, 0.29) is 0 Å². The largest absolute Gasteiger partial charge is 0.460 e. The van der Waals surface area contributed by atoms with Crippen LogP contribution in [0.3, 0.4) is 0 Å². The Kier molecular flexibility index (Phi) is 7.27. The zero-order valence-corrected chi connectivity index (χ0v) is 29.9. The van der Waals surface area contributed by atoms with Gasteiger partial charge >= 0.3 is 0 Å². The van der Waals surface area contributed by atoms with Gasteiger partial charge in [-0.15, -0.1) is 0 Å². The first-order valence-corrected chi connectivity index (χ1v) is 18.8. The van der Waals surface area contributed by atoms with Crippen LogP contribution in [0.2, 0.25) is 0 Å². The van der Waals surface area contributed by atoms with E-state index in [4.69, 9.17) is 19.4 Å². The Bertz CT molecular complexity index is 3160. The lowest BCUT2D eigenvalue weighted by molar-refractivity contribution is 0.546. The van der Waals surface area contributed by atoms with Crippen LogP contribution >= 0.6 is 0 Å². The lowest BCUT2D eigenvalue weighted by atomic mass is 9.94. The fraction of sp³-hybridized carbons (Fsp3) is 0.0392. The average Bonchev–Trinajstić information content (AvgIpc) is 3.65. The summed E-state index contributed by atoms with van der Waals surface area (Å²) in [5.41, 5.74) is 9.59. The van der Waals surface area contributed by atoms with Gasteiger partial charge in [-0.05, 0) is 91.3 Å². The summed E-state index contributed by atoms with van der Waals surface area (Å²) in [5.74, 6) is 2.99. The zero-order chi connectivity index (χ0) is 36.3. The first kappa shape index (κ1) is 31.4. The molecule has 11 rings (SSSR count). The van der Waals surface area contributed by atoms with Crippen molar-refractivity contribution in [3.05, 3.63) is 181 Å². The van der Waals surface area contributed by atoms with Gasteiger partial charge in [0.05, 0.1) is 0 Å². The lowest BCUT2D eigenvalue weighted by Gasteiger charge is -2.12. The molecular formula is C51H33N3O. The molecule has 8 aromatic carbocycles. The monoisotopic (exact) mass is 703 g/mol. The second-order valence-corrected chi connectivity index (χ2v) is 14.3. The molecule has 1 aliphatic carbocycles. The van der Waals surface area contributed by atoms with E-state index in [9.17, 15) is 0 Å². The molecule has 0 N–H and O–H groups in total. The highest BCUT2D eigenvalue weighted by Crippen LogP contribution is 2.39. The molecule has 1 aliphatic rings. The molecule has 2 aromatic heterocycles. The number of furan rings is 1. The molecule has 4 nitrogen and oxygen atoms in total. The number of nitrogens with zero attached hydrogens (tertiary/aromatic N) is 3. The standard InChI is InChI=1S/C51H33N3O/c1-2-10-32(11-3-1)35-13-8-14-39(29-35)49-52-50(54-51(53-49)41-26-22-34-21-20-33-12-4-5-15-42(33)45(34)31-41)40-27-24-36-28-38(25-23-37(36)30-40)43-17-9-19-47-48(43)44-16-6-7-18-46(44)55-47/h1-6,8-17,19-31H,7,18H2. The summed E-state index contributed by atoms with van der Waals surface area (Å²) in [4.78, 5) is 15.5. The lowest BCUT2D eigenvalue weighted by Crippen LogP contribution is -2.00. The van der Waals surface area contributed by atoms with Crippen molar-refractivity contribution in [2.24, 2.45) is 0 Å². The van der Waals surface area contributed by atoms with Crippen molar-refractivity contribution in [1.82, 2.24) is 15.0 Å². The molecule has 0 amide bonds. The maximum absolute atomic E-state index is 6.29. The molecule has 10 aromatic rings. The fourth-order valence-corrected chi connectivity index (χ4v) is 8.16. The quantitative estimate of drug-likeness (QED) is 0.167. The predicted molar refractivity (Wildman–Crippen MR) is 227 cm³/mol. The maximum Gasteiger partial charge on any atom is 0.164 e. The number of hydrogen-bond acceptors (Lipinski definition) is 4. The Labute approximate surface area is 318 Å². The second kappa shape index (κ2) is 12.8. The summed E-state index contributed by atoms with van der Waals surface area (Å²) in [5, 5.41) is 8.23. The summed E-state index contributed by atoms with van der Waals surface area (Å²) in [6.45, 7) is 0. The molecule has 55 heavy (non-hydrogen) atoms. The highest BCUT2D eigenvalue weighted by molar-refractivity contribution is 6.08. The van der Waals surface area contributed by atoms with Crippen molar-refractivity contribution < 1.29 is 4.42 Å². The van der Waals surface area contributed by atoms with E-state index in [1.54, 1.807) is 0 Å². The van der Waals surface area contributed by atoms with Crippen LogP contribution in [0.25, 0.3) is 106 Å². The number of benzene rings is 8. The van der Waals surface area contributed by atoms with Gasteiger partial charge in [0.1, 0.15) is 11.3 Å². The maximum atomic E-state index is 6.29. The van der Waals surface area contributed by atoms with E-state index < -0.39 is 0 Å². The minimum absolute atomic E-state index is 0.635. The average molecular weight is 704 g/mol. The molecule has 0 saturated carbocycles. The molecule has 0 fully saturated rings. The number of hydrogen-bond donors (Lipinski definition) is 0. The minimum atomic E-state index is 0.635. The van der Waals surface area contributed by atoms with Gasteiger partial charge in [-0.25, -0.2) is 15.0 Å². The molecule has 0 bridgehead atoms. The van der Waals surface area contributed by atoms with E-state index in [1.807, 2.05) is 6.07 Å². The van der Waals surface area contributed by atoms with Crippen LogP contribution < -0.4 is 0 Å². The Morgan fingerprint density at radius 1 is 0.418 bits per heavy atom. The highest BCUT2D eigenvalue weighted by atomic mass is 16.3. The van der Waals surface area contributed by atoms with Crippen LogP contribution in [-0.4, -0.2) is 15.0 Å². The van der Waals surface area contributed by atoms with Gasteiger partial charge in [0.2, 0.25) is 0 Å². The molecule has 0 spiro atoms. The van der Waals surface area contributed by atoms with Crippen LogP contribution in [0.5, 0.6) is 0 Å². The van der Waals surface area contributed by atoms with Crippen molar-refractivity contribution in [3.63, 3.8) is 0 Å². The number of aryl methyl sites for hydroxylation is 1. The summed E-state index contributed by atoms with van der Waals surface area (Å²) in [7, 11) is 0. The molecule has 0 radical (unpaired) electrons. The molecule has 258 valence electrons. The van der Waals surface area contributed by atoms with Gasteiger partial charge in [0.15, 0.2) is 17.5 Å². The SMILES string of the molecule is C1=Cc2c(oc3cccc(-c4ccc5cc(-c6nc(-c7cccc(-c8ccccc8)c7)nc(-c7ccc8ccc9ccccc9c8c7)n6)ccc5c4)c23)CC1. The Hall–Kier alpha value is -7.17. The fourth-order valence-electron chi connectivity index (χ4n) is 8.16. The Morgan fingerprint density at radius 3 is 1.84 bits per heavy atom. The predicted octanol–water partition coefficient (Wildman–Crippen LogP) is 13.4. The topological polar surface area (TPSA) is 51.8 Å². The third-order valence-electron chi connectivity index (χ3n) is 10.9. The zero-order valence-electron chi connectivity index (χ0n) is 29.9. The normalized spacial score (nSPS) is 12.5. The van der Waals surface area contributed by atoms with Crippen LogP contribution in [0.15, 0.2) is 174 Å². The number of fused-ring (bicyclic) bond motifs is 7. The molecule has 2 heterocycles. The molecule has 0 unspecified atom stereocenters. The smallest absolute Gasteiger partial charge is 0.164 e. The first-order valence-electron chi connectivity index (χ1n) is 18.8. The van der Waals surface area contributed by atoms with E-state index in [0.29, 0.717) is 17.5 Å². The number of aromatic nitrogens is 3. The van der Waals surface area contributed by atoms with Crippen LogP contribution in [-0.2, 0) is 6.42 Å². The van der Waals surface area contributed by atoms with Crippen molar-refractivity contribution >= 4 is 49.4 Å². The Morgan fingerprint density at radius 2 is 1.02 bits per heavy atom. The van der Waals surface area contributed by atoms with Crippen LogP contribution in [0.4, 0.5) is 0 Å². The molecule has 0 atom stereocenters. The summed E-state index contributed by atoms with van der Waals surface area (Å²) in [6.07, 6.45) is 6.42. The van der Waals surface area contributed by atoms with Gasteiger partial charge in [-0.1, -0.05) is 146 Å². The van der Waals surface area contributed by atoms with Crippen molar-refractivity contribution in [2.75, 3.05) is 0 Å². The van der Waals surface area contributed by atoms with Gasteiger partial charge in [0, 0.05) is 34.1 Å². The van der Waals surface area contributed by atoms with E-state index in [0.717, 1.165) is 62.8 Å². The molecule has 4 heteroatoms. The number of allylic oxidation sites excluding steroid dienone is 1. The van der Waals surface area contributed by atoms with Crippen molar-refractivity contribution in [1.29, 1.82) is 0 Å². The summed E-state index contributed by atoms with van der Waals surface area (Å²) >= 11 is 0. The number of rotatable bonds is 5. The highest BCUT2D eigenvalue weighted by Gasteiger charge is 2.19.